The van der Waals surface area contributed by atoms with E-state index >= 15 is 0 Å². The second kappa shape index (κ2) is 10.7. The monoisotopic (exact) mass is 492 g/mol. The molecule has 0 bridgehead atoms. The number of anilines is 2. The first-order valence-corrected chi connectivity index (χ1v) is 11.9. The van der Waals surface area contributed by atoms with Crippen molar-refractivity contribution in [1.82, 2.24) is 9.88 Å². The predicted octanol–water partition coefficient (Wildman–Crippen LogP) is 5.57. The van der Waals surface area contributed by atoms with Gasteiger partial charge in [0.05, 0.1) is 6.04 Å². The first-order valence-electron chi connectivity index (χ1n) is 11.9. The number of aromatic nitrogens is 1. The van der Waals surface area contributed by atoms with E-state index in [4.69, 9.17) is 14.2 Å². The van der Waals surface area contributed by atoms with Gasteiger partial charge >= 0.3 is 18.3 Å². The first-order chi connectivity index (χ1) is 15.9. The van der Waals surface area contributed by atoms with Crippen LogP contribution >= 0.6 is 0 Å². The second-order valence-electron chi connectivity index (χ2n) is 11.6. The van der Waals surface area contributed by atoms with Crippen LogP contribution < -0.4 is 10.2 Å². The van der Waals surface area contributed by atoms with E-state index < -0.39 is 41.1 Å². The Labute approximate surface area is 208 Å². The van der Waals surface area contributed by atoms with E-state index in [1.807, 2.05) is 11.0 Å². The van der Waals surface area contributed by atoms with Gasteiger partial charge in [0.25, 0.3) is 0 Å². The summed E-state index contributed by atoms with van der Waals surface area (Å²) < 4.78 is 16.3. The van der Waals surface area contributed by atoms with Crippen molar-refractivity contribution in [2.45, 2.75) is 98.0 Å². The van der Waals surface area contributed by atoms with Crippen molar-refractivity contribution >= 4 is 29.9 Å². The topological polar surface area (TPSA) is 110 Å². The number of hydrogen-bond acceptors (Lipinski definition) is 8. The first kappa shape index (κ1) is 28.2. The lowest BCUT2D eigenvalue weighted by Gasteiger charge is -2.39. The maximum absolute atomic E-state index is 13.0. The second-order valence-corrected chi connectivity index (χ2v) is 11.6. The number of piperidine rings is 1. The summed E-state index contributed by atoms with van der Waals surface area (Å²) in [5, 5.41) is 2.64. The van der Waals surface area contributed by atoms with Gasteiger partial charge in [-0.05, 0) is 87.3 Å². The van der Waals surface area contributed by atoms with Crippen LogP contribution in [0.4, 0.5) is 26.0 Å². The molecule has 1 fully saturated rings. The molecule has 1 aliphatic rings. The van der Waals surface area contributed by atoms with Gasteiger partial charge in [0.2, 0.25) is 0 Å². The Kier molecular flexibility index (Phi) is 8.62. The van der Waals surface area contributed by atoms with E-state index in [-0.39, 0.29) is 0 Å². The molecule has 1 aromatic heterocycles. The van der Waals surface area contributed by atoms with Crippen LogP contribution in [0.25, 0.3) is 0 Å². The third kappa shape index (κ3) is 9.62. The molecule has 10 nitrogen and oxygen atoms in total. The molecule has 2 rings (SSSR count). The van der Waals surface area contributed by atoms with Crippen molar-refractivity contribution in [1.29, 1.82) is 0 Å². The van der Waals surface area contributed by atoms with Crippen molar-refractivity contribution in [2.75, 3.05) is 23.3 Å². The Balaban J connectivity index is 2.22. The largest absolute Gasteiger partial charge is 0.444 e. The van der Waals surface area contributed by atoms with Gasteiger partial charge < -0.3 is 19.1 Å². The summed E-state index contributed by atoms with van der Waals surface area (Å²) in [7, 11) is 0. The Morgan fingerprint density at radius 1 is 0.914 bits per heavy atom. The lowest BCUT2D eigenvalue weighted by atomic mass is 10.0. The minimum Gasteiger partial charge on any atom is -0.444 e. The summed E-state index contributed by atoms with van der Waals surface area (Å²) in [6.07, 6.45) is -0.762. The standard InChI is InChI=1S/C25H40N4O6/c1-23(2,3)33-20(30)27-18-13-10-14-19(26-18)28-15-11-12-17(16-28)29(21(31)34-24(4,5)6)22(32)35-25(7,8)9/h10,13-14,17H,11-12,15-16H2,1-9H3,(H,26,27,30). The molecule has 1 unspecified atom stereocenters. The number of carbonyl (C=O) groups excluding carboxylic acids is 3. The zero-order chi connectivity index (χ0) is 26.6. The highest BCUT2D eigenvalue weighted by molar-refractivity contribution is 5.89. The average molecular weight is 493 g/mol. The summed E-state index contributed by atoms with van der Waals surface area (Å²) in [4.78, 5) is 45.8. The fraction of sp³-hybridized carbons (Fsp3) is 0.680. The minimum atomic E-state index is -0.769. The van der Waals surface area contributed by atoms with Gasteiger partial charge in [0.1, 0.15) is 28.4 Å². The molecule has 196 valence electrons. The number of imide groups is 1. The smallest absolute Gasteiger partial charge is 0.420 e. The molecule has 2 heterocycles. The number of amides is 3. The van der Waals surface area contributed by atoms with E-state index in [2.05, 4.69) is 10.3 Å². The highest BCUT2D eigenvalue weighted by Crippen LogP contribution is 2.25. The Morgan fingerprint density at radius 3 is 1.97 bits per heavy atom. The lowest BCUT2D eigenvalue weighted by Crippen LogP contribution is -2.55. The van der Waals surface area contributed by atoms with Crippen molar-refractivity contribution in [3.05, 3.63) is 18.2 Å². The van der Waals surface area contributed by atoms with Gasteiger partial charge in [-0.1, -0.05) is 6.07 Å². The molecule has 1 N–H and O–H groups in total. The van der Waals surface area contributed by atoms with Crippen LogP contribution in [0.1, 0.15) is 75.2 Å². The molecule has 0 radical (unpaired) electrons. The normalized spacial score (nSPS) is 16.8. The highest BCUT2D eigenvalue weighted by Gasteiger charge is 2.39. The molecule has 35 heavy (non-hydrogen) atoms. The van der Waals surface area contributed by atoms with E-state index in [1.54, 1.807) is 74.4 Å². The van der Waals surface area contributed by atoms with Gasteiger partial charge in [0.15, 0.2) is 0 Å². The molecular weight excluding hydrogens is 452 g/mol. The van der Waals surface area contributed by atoms with Crippen molar-refractivity contribution < 1.29 is 28.6 Å². The average Bonchev–Trinajstić information content (AvgIpc) is 2.64. The minimum absolute atomic E-state index is 0.343. The van der Waals surface area contributed by atoms with Crippen molar-refractivity contribution in [3.63, 3.8) is 0 Å². The van der Waals surface area contributed by atoms with Crippen LogP contribution in [-0.2, 0) is 14.2 Å². The molecule has 1 aromatic rings. The number of pyridine rings is 1. The fourth-order valence-electron chi connectivity index (χ4n) is 3.45. The van der Waals surface area contributed by atoms with E-state index in [9.17, 15) is 14.4 Å². The number of hydrogen-bond donors (Lipinski definition) is 1. The van der Waals surface area contributed by atoms with Gasteiger partial charge in [-0.15, -0.1) is 0 Å². The van der Waals surface area contributed by atoms with Crippen LogP contribution in [0.2, 0.25) is 0 Å². The molecule has 1 saturated heterocycles. The maximum Gasteiger partial charge on any atom is 0.420 e. The van der Waals surface area contributed by atoms with Crippen molar-refractivity contribution in [2.24, 2.45) is 0 Å². The van der Waals surface area contributed by atoms with Gasteiger partial charge in [0, 0.05) is 13.1 Å². The molecule has 0 aromatic carbocycles. The third-order valence-electron chi connectivity index (χ3n) is 4.63. The number of nitrogens with zero attached hydrogens (tertiary/aromatic N) is 3. The van der Waals surface area contributed by atoms with E-state index in [1.165, 1.54) is 0 Å². The quantitative estimate of drug-likeness (QED) is 0.545. The SMILES string of the molecule is CC(C)(C)OC(=O)Nc1cccc(N2CCCC(N(C(=O)OC(C)(C)C)C(=O)OC(C)(C)C)C2)n1. The number of rotatable bonds is 3. The Bertz CT molecular complexity index is 886. The van der Waals surface area contributed by atoms with Gasteiger partial charge in [-0.2, -0.15) is 0 Å². The molecule has 1 aliphatic heterocycles. The summed E-state index contributed by atoms with van der Waals surface area (Å²) in [5.41, 5.74) is -2.17. The molecule has 0 aliphatic carbocycles. The summed E-state index contributed by atoms with van der Waals surface area (Å²) in [5.74, 6) is 0.951. The Morgan fingerprint density at radius 2 is 1.46 bits per heavy atom. The predicted molar refractivity (Wildman–Crippen MR) is 134 cm³/mol. The molecule has 10 heteroatoms. The number of ether oxygens (including phenoxy) is 3. The third-order valence-corrected chi connectivity index (χ3v) is 4.63. The Hall–Kier alpha value is -3.04. The van der Waals surface area contributed by atoms with E-state index in [0.717, 1.165) is 11.3 Å². The maximum atomic E-state index is 13.0. The molecule has 0 spiro atoms. The van der Waals surface area contributed by atoms with Crippen molar-refractivity contribution in [3.8, 4) is 0 Å². The lowest BCUT2D eigenvalue weighted by molar-refractivity contribution is -0.00850. The number of carbonyl (C=O) groups is 3. The molecule has 3 amide bonds. The summed E-state index contributed by atoms with van der Waals surface area (Å²) in [6, 6.07) is 4.78. The van der Waals surface area contributed by atoms with Gasteiger partial charge in [-0.25, -0.2) is 24.3 Å². The highest BCUT2D eigenvalue weighted by atomic mass is 16.6. The fourth-order valence-corrected chi connectivity index (χ4v) is 3.45. The van der Waals surface area contributed by atoms with Gasteiger partial charge in [-0.3, -0.25) is 5.32 Å². The summed E-state index contributed by atoms with van der Waals surface area (Å²) in [6.45, 7) is 16.9. The van der Waals surface area contributed by atoms with Crippen LogP contribution in [0.3, 0.4) is 0 Å². The zero-order valence-corrected chi connectivity index (χ0v) is 22.4. The van der Waals surface area contributed by atoms with Crippen LogP contribution in [-0.4, -0.2) is 64.1 Å². The van der Waals surface area contributed by atoms with Crippen LogP contribution in [0.15, 0.2) is 18.2 Å². The van der Waals surface area contributed by atoms with E-state index in [0.29, 0.717) is 31.1 Å². The summed E-state index contributed by atoms with van der Waals surface area (Å²) >= 11 is 0. The molecule has 0 saturated carbocycles. The van der Waals surface area contributed by atoms with Crippen LogP contribution in [0.5, 0.6) is 0 Å². The van der Waals surface area contributed by atoms with Crippen LogP contribution in [0, 0.1) is 0 Å². The molecular formula is C25H40N4O6. The molecule has 1 atom stereocenters. The zero-order valence-electron chi connectivity index (χ0n) is 22.4. The number of nitrogens with one attached hydrogen (secondary N) is 1.